The normalized spacial score (nSPS) is 44.9. The van der Waals surface area contributed by atoms with Gasteiger partial charge in [0.1, 0.15) is 12.2 Å². The minimum atomic E-state index is -0.178. The van der Waals surface area contributed by atoms with E-state index in [9.17, 15) is 4.79 Å². The summed E-state index contributed by atoms with van der Waals surface area (Å²) in [5, 5.41) is 0. The average molecular weight is 298 g/mol. The SMILES string of the molecule is COC1C(OC=O)CC[C@]2(CO2)C1[C@H]1O[C@@H]1CCC(C)C. The third-order valence-corrected chi connectivity index (χ3v) is 5.20. The van der Waals surface area contributed by atoms with Crippen molar-refractivity contribution in [2.24, 2.45) is 11.8 Å². The lowest BCUT2D eigenvalue weighted by Crippen LogP contribution is -2.52. The number of carbonyl (C=O) groups excluding carboxylic acids is 1. The van der Waals surface area contributed by atoms with Gasteiger partial charge in [0, 0.05) is 13.0 Å². The van der Waals surface area contributed by atoms with E-state index in [4.69, 9.17) is 18.9 Å². The molecule has 0 aromatic carbocycles. The van der Waals surface area contributed by atoms with E-state index in [-0.39, 0.29) is 29.8 Å². The van der Waals surface area contributed by atoms with E-state index < -0.39 is 0 Å². The molecule has 5 heteroatoms. The summed E-state index contributed by atoms with van der Waals surface area (Å²) in [7, 11) is 1.69. The largest absolute Gasteiger partial charge is 0.462 e. The van der Waals surface area contributed by atoms with Crippen molar-refractivity contribution < 1.29 is 23.7 Å². The minimum absolute atomic E-state index is 0.0966. The molecule has 3 rings (SSSR count). The van der Waals surface area contributed by atoms with Crippen molar-refractivity contribution in [3.8, 4) is 0 Å². The van der Waals surface area contributed by atoms with E-state index >= 15 is 0 Å². The van der Waals surface area contributed by atoms with Gasteiger partial charge in [-0.3, -0.25) is 4.79 Å². The predicted octanol–water partition coefficient (Wildman–Crippen LogP) is 1.93. The number of ether oxygens (including phenoxy) is 4. The maximum atomic E-state index is 10.7. The zero-order valence-electron chi connectivity index (χ0n) is 13.1. The van der Waals surface area contributed by atoms with Crippen molar-refractivity contribution in [3.05, 3.63) is 0 Å². The number of hydrogen-bond acceptors (Lipinski definition) is 5. The van der Waals surface area contributed by atoms with E-state index in [1.807, 2.05) is 0 Å². The molecular formula is C16H26O5. The van der Waals surface area contributed by atoms with E-state index in [2.05, 4.69) is 13.8 Å². The smallest absolute Gasteiger partial charge is 0.293 e. The fourth-order valence-corrected chi connectivity index (χ4v) is 3.88. The van der Waals surface area contributed by atoms with E-state index in [0.29, 0.717) is 18.5 Å². The fourth-order valence-electron chi connectivity index (χ4n) is 3.88. The van der Waals surface area contributed by atoms with Crippen LogP contribution in [-0.2, 0) is 23.7 Å². The molecule has 0 aromatic heterocycles. The molecule has 1 spiro atoms. The molecular weight excluding hydrogens is 272 g/mol. The zero-order valence-corrected chi connectivity index (χ0v) is 13.1. The van der Waals surface area contributed by atoms with Crippen LogP contribution in [-0.4, -0.2) is 50.2 Å². The summed E-state index contributed by atoms with van der Waals surface area (Å²) >= 11 is 0. The van der Waals surface area contributed by atoms with E-state index in [1.165, 1.54) is 6.42 Å². The van der Waals surface area contributed by atoms with Crippen LogP contribution in [0.5, 0.6) is 0 Å². The Labute approximate surface area is 126 Å². The Balaban J connectivity index is 1.67. The van der Waals surface area contributed by atoms with Crippen LogP contribution in [0.2, 0.25) is 0 Å². The molecule has 0 aromatic rings. The van der Waals surface area contributed by atoms with Crippen LogP contribution < -0.4 is 0 Å². The van der Waals surface area contributed by atoms with Gasteiger partial charge in [-0.05, 0) is 31.6 Å². The third-order valence-electron chi connectivity index (χ3n) is 5.20. The van der Waals surface area contributed by atoms with Gasteiger partial charge in [-0.1, -0.05) is 13.8 Å². The Morgan fingerprint density at radius 3 is 2.76 bits per heavy atom. The van der Waals surface area contributed by atoms with Crippen molar-refractivity contribution in [3.63, 3.8) is 0 Å². The van der Waals surface area contributed by atoms with Gasteiger partial charge >= 0.3 is 0 Å². The molecule has 6 atom stereocenters. The molecule has 1 aliphatic carbocycles. The highest BCUT2D eigenvalue weighted by atomic mass is 16.6. The van der Waals surface area contributed by atoms with Crippen LogP contribution in [0, 0.1) is 11.8 Å². The second-order valence-corrected chi connectivity index (χ2v) is 7.00. The Bertz CT molecular complexity index is 379. The third kappa shape index (κ3) is 2.96. The van der Waals surface area contributed by atoms with Gasteiger partial charge in [-0.15, -0.1) is 0 Å². The van der Waals surface area contributed by atoms with Gasteiger partial charge in [0.25, 0.3) is 6.47 Å². The number of hydrogen-bond donors (Lipinski definition) is 0. The molecule has 3 unspecified atom stereocenters. The molecule has 2 heterocycles. The molecule has 120 valence electrons. The van der Waals surface area contributed by atoms with Crippen LogP contribution in [0.1, 0.15) is 39.5 Å². The molecule has 0 bridgehead atoms. The highest BCUT2D eigenvalue weighted by Crippen LogP contribution is 2.54. The number of methoxy groups -OCH3 is 1. The summed E-state index contributed by atoms with van der Waals surface area (Å²) in [5.41, 5.74) is -0.0966. The second-order valence-electron chi connectivity index (χ2n) is 7.00. The fraction of sp³-hybridized carbons (Fsp3) is 0.938. The molecule has 0 radical (unpaired) electrons. The molecule has 3 fully saturated rings. The highest BCUT2D eigenvalue weighted by molar-refractivity contribution is 5.38. The topological polar surface area (TPSA) is 60.6 Å². The molecule has 3 aliphatic rings. The van der Waals surface area contributed by atoms with Crippen molar-refractivity contribution in [2.45, 2.75) is 69.5 Å². The maximum absolute atomic E-state index is 10.7. The molecule has 0 amide bonds. The van der Waals surface area contributed by atoms with Crippen molar-refractivity contribution in [1.82, 2.24) is 0 Å². The summed E-state index contributed by atoms with van der Waals surface area (Å²) in [6.45, 7) is 5.77. The lowest BCUT2D eigenvalue weighted by molar-refractivity contribution is -0.154. The summed E-state index contributed by atoms with van der Waals surface area (Å²) < 4.78 is 22.6. The summed E-state index contributed by atoms with van der Waals surface area (Å²) in [5.74, 6) is 0.870. The lowest BCUT2D eigenvalue weighted by atomic mass is 9.73. The van der Waals surface area contributed by atoms with Crippen LogP contribution >= 0.6 is 0 Å². The monoisotopic (exact) mass is 298 g/mol. The molecule has 2 aliphatic heterocycles. The van der Waals surface area contributed by atoms with Gasteiger partial charge in [0.05, 0.1) is 24.4 Å². The van der Waals surface area contributed by atoms with Crippen molar-refractivity contribution in [2.75, 3.05) is 13.7 Å². The van der Waals surface area contributed by atoms with Crippen LogP contribution in [0.25, 0.3) is 0 Å². The van der Waals surface area contributed by atoms with Gasteiger partial charge < -0.3 is 18.9 Å². The summed E-state index contributed by atoms with van der Waals surface area (Å²) in [4.78, 5) is 10.7. The Kier molecular flexibility index (Phi) is 4.26. The van der Waals surface area contributed by atoms with Crippen molar-refractivity contribution in [1.29, 1.82) is 0 Å². The first-order valence-corrected chi connectivity index (χ1v) is 8.02. The van der Waals surface area contributed by atoms with Crippen LogP contribution in [0.3, 0.4) is 0 Å². The van der Waals surface area contributed by atoms with Gasteiger partial charge in [-0.25, -0.2) is 0 Å². The Morgan fingerprint density at radius 2 is 2.19 bits per heavy atom. The molecule has 21 heavy (non-hydrogen) atoms. The number of rotatable bonds is 7. The van der Waals surface area contributed by atoms with E-state index in [1.54, 1.807) is 7.11 Å². The molecule has 0 N–H and O–H groups in total. The standard InChI is InChI=1S/C16H26O5/c1-10(2)4-5-12-15(21-12)13-14(18-3)11(19-9-17)6-7-16(13)8-20-16/h9-15H,4-8H2,1-3H3/t11?,12-,13?,14?,15+,16+/m1/s1. The minimum Gasteiger partial charge on any atom is -0.462 e. The second kappa shape index (κ2) is 5.86. The average Bonchev–Trinajstić information content (AvgIpc) is 3.36. The quantitative estimate of drug-likeness (QED) is 0.531. The Hall–Kier alpha value is -0.650. The zero-order chi connectivity index (χ0) is 15.0. The lowest BCUT2D eigenvalue weighted by Gasteiger charge is -2.39. The van der Waals surface area contributed by atoms with Gasteiger partial charge in [0.2, 0.25) is 0 Å². The summed E-state index contributed by atoms with van der Waals surface area (Å²) in [6.07, 6.45) is 4.19. The number of epoxide rings is 2. The summed E-state index contributed by atoms with van der Waals surface area (Å²) in [6, 6.07) is 0. The molecule has 5 nitrogen and oxygen atoms in total. The Morgan fingerprint density at radius 1 is 1.43 bits per heavy atom. The van der Waals surface area contributed by atoms with E-state index in [0.717, 1.165) is 25.9 Å². The number of carbonyl (C=O) groups is 1. The van der Waals surface area contributed by atoms with Crippen LogP contribution in [0.4, 0.5) is 0 Å². The van der Waals surface area contributed by atoms with Crippen molar-refractivity contribution >= 4 is 6.47 Å². The maximum Gasteiger partial charge on any atom is 0.293 e. The molecule has 2 saturated heterocycles. The van der Waals surface area contributed by atoms with Crippen LogP contribution in [0.15, 0.2) is 0 Å². The molecule has 1 saturated carbocycles. The predicted molar refractivity (Wildman–Crippen MR) is 75.9 cm³/mol. The first kappa shape index (κ1) is 15.3. The first-order chi connectivity index (χ1) is 10.1. The van der Waals surface area contributed by atoms with Gasteiger partial charge in [-0.2, -0.15) is 0 Å². The first-order valence-electron chi connectivity index (χ1n) is 8.02. The van der Waals surface area contributed by atoms with Gasteiger partial charge in [0.15, 0.2) is 0 Å². The highest BCUT2D eigenvalue weighted by Gasteiger charge is 2.66.